The first kappa shape index (κ1) is 22.4. The van der Waals surface area contributed by atoms with Gasteiger partial charge in [0.05, 0.1) is 4.47 Å². The number of hydrogen-bond donors (Lipinski definition) is 5. The smallest absolute Gasteiger partial charge is 0.279 e. The van der Waals surface area contributed by atoms with Crippen LogP contribution in [0, 0.1) is 5.82 Å². The molecule has 0 aliphatic carbocycles. The molecule has 0 radical (unpaired) electrons. The highest BCUT2D eigenvalue weighted by Crippen LogP contribution is 2.24. The Morgan fingerprint density at radius 2 is 2.27 bits per heavy atom. The number of halogens is 2. The fourth-order valence-electron chi connectivity index (χ4n) is 2.90. The third-order valence-electron chi connectivity index (χ3n) is 4.55. The number of nitrogens with two attached hydrogens (primary N) is 1. The molecule has 30 heavy (non-hydrogen) atoms. The van der Waals surface area contributed by atoms with E-state index in [1.165, 1.54) is 29.6 Å². The van der Waals surface area contributed by atoms with Crippen LogP contribution in [-0.2, 0) is 10.2 Å². The van der Waals surface area contributed by atoms with Crippen LogP contribution in [0.3, 0.4) is 0 Å². The third kappa shape index (κ3) is 4.86. The Kier molecular flexibility index (Phi) is 6.56. The zero-order valence-corrected chi connectivity index (χ0v) is 18.2. The summed E-state index contributed by atoms with van der Waals surface area (Å²) in [6, 6.07) is 4.12. The molecule has 0 amide bonds. The molecule has 1 aliphatic heterocycles. The molecule has 0 spiro atoms. The van der Waals surface area contributed by atoms with Gasteiger partial charge in [0.2, 0.25) is 11.7 Å². The van der Waals surface area contributed by atoms with Crippen LogP contribution in [0.5, 0.6) is 0 Å². The molecule has 164 valence electrons. The zero-order chi connectivity index (χ0) is 21.9. The molecule has 0 saturated carbocycles. The van der Waals surface area contributed by atoms with E-state index in [1.54, 1.807) is 0 Å². The van der Waals surface area contributed by atoms with Crippen LogP contribution in [0.25, 0.3) is 0 Å². The maximum atomic E-state index is 13.4. The van der Waals surface area contributed by atoms with Gasteiger partial charge in [0.15, 0.2) is 5.69 Å². The van der Waals surface area contributed by atoms with Gasteiger partial charge in [0, 0.05) is 37.9 Å². The van der Waals surface area contributed by atoms with Crippen molar-refractivity contribution in [1.82, 2.24) is 19.3 Å². The van der Waals surface area contributed by atoms with Crippen LogP contribution >= 0.6 is 15.9 Å². The van der Waals surface area contributed by atoms with Crippen LogP contribution in [0.1, 0.15) is 12.1 Å². The summed E-state index contributed by atoms with van der Waals surface area (Å²) < 4.78 is 45.8. The summed E-state index contributed by atoms with van der Waals surface area (Å²) >= 11 is 3.07. The summed E-state index contributed by atoms with van der Waals surface area (Å²) in [5, 5.41) is 25.7. The van der Waals surface area contributed by atoms with Gasteiger partial charge < -0.3 is 21.6 Å². The quantitative estimate of drug-likeness (QED) is 0.155. The van der Waals surface area contributed by atoms with Crippen LogP contribution in [-0.4, -0.2) is 66.3 Å². The van der Waals surface area contributed by atoms with E-state index in [0.717, 1.165) is 0 Å². The van der Waals surface area contributed by atoms with E-state index in [4.69, 9.17) is 10.4 Å². The van der Waals surface area contributed by atoms with E-state index < -0.39 is 21.6 Å². The second-order valence-electron chi connectivity index (χ2n) is 6.67. The number of aromatic nitrogens is 2. The van der Waals surface area contributed by atoms with Gasteiger partial charge in [-0.15, -0.1) is 0 Å². The van der Waals surface area contributed by atoms with Crippen molar-refractivity contribution in [3.8, 4) is 0 Å². The van der Waals surface area contributed by atoms with E-state index in [1.807, 2.05) is 0 Å². The Morgan fingerprint density at radius 3 is 2.93 bits per heavy atom. The molecule has 2 heterocycles. The number of amidine groups is 1. The second kappa shape index (κ2) is 8.81. The van der Waals surface area contributed by atoms with Gasteiger partial charge in [0.1, 0.15) is 5.82 Å². The first-order chi connectivity index (χ1) is 14.2. The van der Waals surface area contributed by atoms with Gasteiger partial charge in [-0.2, -0.15) is 12.7 Å². The summed E-state index contributed by atoms with van der Waals surface area (Å²) in [4.78, 5) is 0. The molecule has 1 aromatic carbocycles. The lowest BCUT2D eigenvalue weighted by Gasteiger charge is -2.24. The summed E-state index contributed by atoms with van der Waals surface area (Å²) in [6.07, 6.45) is 0.421. The summed E-state index contributed by atoms with van der Waals surface area (Å²) in [5.41, 5.74) is 5.94. The predicted molar refractivity (Wildman–Crippen MR) is 110 cm³/mol. The van der Waals surface area contributed by atoms with Gasteiger partial charge in [-0.3, -0.25) is 0 Å². The van der Waals surface area contributed by atoms with Crippen molar-refractivity contribution in [2.75, 3.05) is 37.3 Å². The zero-order valence-electron chi connectivity index (χ0n) is 15.8. The number of rotatable bonds is 7. The molecule has 0 bridgehead atoms. The number of benzene rings is 1. The van der Waals surface area contributed by atoms with Gasteiger partial charge in [0.25, 0.3) is 10.2 Å². The maximum absolute atomic E-state index is 13.4. The highest BCUT2D eigenvalue weighted by molar-refractivity contribution is 9.10. The predicted octanol–water partition coefficient (Wildman–Crippen LogP) is 0.498. The summed E-state index contributed by atoms with van der Waals surface area (Å²) in [7, 11) is -2.24. The molecule has 1 aromatic heterocycles. The lowest BCUT2D eigenvalue weighted by molar-refractivity contribution is 0.304. The fourth-order valence-corrected chi connectivity index (χ4v) is 4.29. The summed E-state index contributed by atoms with van der Waals surface area (Å²) in [6.45, 7) is 0.535. The minimum Gasteiger partial charge on any atom is -0.409 e. The second-order valence-corrected chi connectivity index (χ2v) is 9.40. The average molecular weight is 507 g/mol. The topological polar surface area (TPSA) is 171 Å². The van der Waals surface area contributed by atoms with Crippen LogP contribution < -0.4 is 21.1 Å². The molecule has 3 rings (SSSR count). The maximum Gasteiger partial charge on any atom is 0.279 e. The van der Waals surface area contributed by atoms with E-state index in [0.29, 0.717) is 12.1 Å². The normalized spacial score (nSPS) is 20.5. The van der Waals surface area contributed by atoms with E-state index in [-0.39, 0.29) is 41.5 Å². The largest absolute Gasteiger partial charge is 0.409 e. The Morgan fingerprint density at radius 1 is 1.50 bits per heavy atom. The third-order valence-corrected chi connectivity index (χ3v) is 6.67. The van der Waals surface area contributed by atoms with Crippen LogP contribution in [0.2, 0.25) is 0 Å². The Hall–Kier alpha value is -2.33. The Bertz CT molecular complexity index is 1050. The fraction of sp³-hybridized carbons (Fsp3) is 0.400. The van der Waals surface area contributed by atoms with Crippen molar-refractivity contribution < 1.29 is 22.6 Å². The summed E-state index contributed by atoms with van der Waals surface area (Å²) in [5.74, 6) is -0.419. The number of anilines is 2. The molecule has 1 aliphatic rings. The van der Waals surface area contributed by atoms with Crippen LogP contribution in [0.4, 0.5) is 15.9 Å². The minimum atomic E-state index is -3.57. The molecule has 1 atom stereocenters. The highest BCUT2D eigenvalue weighted by Gasteiger charge is 2.39. The van der Waals surface area contributed by atoms with E-state index >= 15 is 0 Å². The average Bonchev–Trinajstić information content (AvgIpc) is 3.35. The van der Waals surface area contributed by atoms with Crippen molar-refractivity contribution in [3.05, 3.63) is 34.2 Å². The van der Waals surface area contributed by atoms with Crippen molar-refractivity contribution in [2.45, 2.75) is 12.0 Å². The molecule has 1 saturated heterocycles. The number of hydrogen-bond acceptors (Lipinski definition) is 9. The van der Waals surface area contributed by atoms with Crippen molar-refractivity contribution in [1.29, 1.82) is 0 Å². The lowest BCUT2D eigenvalue weighted by atomic mass is 10.0. The van der Waals surface area contributed by atoms with Gasteiger partial charge in [-0.25, -0.2) is 13.7 Å². The van der Waals surface area contributed by atoms with E-state index in [2.05, 4.69) is 46.8 Å². The molecule has 12 nitrogen and oxygen atoms in total. The lowest BCUT2D eigenvalue weighted by Crippen LogP contribution is -2.50. The van der Waals surface area contributed by atoms with Gasteiger partial charge in [-0.05, 0) is 50.9 Å². The monoisotopic (exact) mass is 506 g/mol. The number of nitrogens with zero attached hydrogens (tertiary/aromatic N) is 4. The van der Waals surface area contributed by atoms with Crippen LogP contribution in [0.15, 0.2) is 32.5 Å². The Balaban J connectivity index is 1.69. The first-order valence-electron chi connectivity index (χ1n) is 8.66. The molecular formula is C15H20BrFN8O4S. The minimum absolute atomic E-state index is 0.0549. The molecule has 6 N–H and O–H groups in total. The SMILES string of the molecule is CNS(=O)(=O)N1CC[C@@](N)(CNc2nonc2/C(=N/O)Nc2ccc(F)c(Br)c2)C1. The van der Waals surface area contributed by atoms with Gasteiger partial charge >= 0.3 is 0 Å². The first-order valence-corrected chi connectivity index (χ1v) is 10.9. The Labute approximate surface area is 179 Å². The van der Waals surface area contributed by atoms with Crippen molar-refractivity contribution in [2.24, 2.45) is 10.9 Å². The van der Waals surface area contributed by atoms with Crippen molar-refractivity contribution >= 4 is 43.5 Å². The molecular weight excluding hydrogens is 487 g/mol. The highest BCUT2D eigenvalue weighted by atomic mass is 79.9. The molecule has 1 fully saturated rings. The number of oxime groups is 1. The van der Waals surface area contributed by atoms with E-state index in [9.17, 15) is 18.0 Å². The van der Waals surface area contributed by atoms with Gasteiger partial charge in [-0.1, -0.05) is 5.16 Å². The molecule has 15 heteroatoms. The van der Waals surface area contributed by atoms with Crippen molar-refractivity contribution in [3.63, 3.8) is 0 Å². The number of nitrogens with one attached hydrogen (secondary N) is 3. The molecule has 0 unspecified atom stereocenters. The standard InChI is InChI=1S/C15H20BrFN8O4S/c1-19-30(27,28)25-5-4-15(18,8-25)7-20-13-12(23-29-24-13)14(22-26)21-9-2-3-11(17)10(16)6-9/h2-3,6,19,26H,4-5,7-8,18H2,1H3,(H,20,24)(H,21,22)/t15-/m1/s1. The molecule has 2 aromatic rings.